The summed E-state index contributed by atoms with van der Waals surface area (Å²) in [5, 5.41) is 6.77. The maximum Gasteiger partial charge on any atom is 0.257 e. The van der Waals surface area contributed by atoms with E-state index in [1.54, 1.807) is 13.3 Å². The fourth-order valence-electron chi connectivity index (χ4n) is 4.92. The van der Waals surface area contributed by atoms with E-state index in [2.05, 4.69) is 68.8 Å². The summed E-state index contributed by atoms with van der Waals surface area (Å²) in [5.41, 5.74) is 7.33. The number of nitrogens with one attached hydrogen (secondary N) is 3. The van der Waals surface area contributed by atoms with Gasteiger partial charge in [-0.25, -0.2) is 4.98 Å². The summed E-state index contributed by atoms with van der Waals surface area (Å²) in [6, 6.07) is 14.8. The Bertz CT molecular complexity index is 1240. The number of nitrogens with zero attached hydrogens (tertiary/aromatic N) is 2. The van der Waals surface area contributed by atoms with Crippen LogP contribution in [0.4, 0.5) is 11.4 Å². The Labute approximate surface area is 206 Å². The van der Waals surface area contributed by atoms with E-state index in [9.17, 15) is 4.79 Å². The smallest absolute Gasteiger partial charge is 0.257 e. The average molecular weight is 472 g/mol. The predicted octanol–water partition coefficient (Wildman–Crippen LogP) is 4.46. The summed E-state index contributed by atoms with van der Waals surface area (Å²) < 4.78 is 5.22. The molecule has 0 spiro atoms. The first-order chi connectivity index (χ1) is 17.0. The molecule has 1 amide bonds. The first kappa shape index (κ1) is 23.3. The molecule has 0 bridgehead atoms. The van der Waals surface area contributed by atoms with Crippen LogP contribution in [0.5, 0.6) is 0 Å². The van der Waals surface area contributed by atoms with Crippen LogP contribution < -0.4 is 10.6 Å². The molecule has 0 saturated carbocycles. The highest BCUT2D eigenvalue weighted by atomic mass is 16.5. The number of hydrogen-bond donors (Lipinski definition) is 3. The predicted molar refractivity (Wildman–Crippen MR) is 140 cm³/mol. The molecule has 1 saturated heterocycles. The van der Waals surface area contributed by atoms with E-state index in [-0.39, 0.29) is 5.91 Å². The van der Waals surface area contributed by atoms with E-state index in [1.165, 1.54) is 5.56 Å². The Morgan fingerprint density at radius 3 is 2.60 bits per heavy atom. The van der Waals surface area contributed by atoms with Gasteiger partial charge in [0.1, 0.15) is 5.82 Å². The third-order valence-corrected chi connectivity index (χ3v) is 6.86. The van der Waals surface area contributed by atoms with Gasteiger partial charge in [-0.05, 0) is 50.5 Å². The van der Waals surface area contributed by atoms with Crippen LogP contribution in [0.1, 0.15) is 41.1 Å². The van der Waals surface area contributed by atoms with Crippen molar-refractivity contribution >= 4 is 28.4 Å². The van der Waals surface area contributed by atoms with E-state index in [4.69, 9.17) is 4.74 Å². The molecule has 35 heavy (non-hydrogen) atoms. The van der Waals surface area contributed by atoms with Crippen molar-refractivity contribution in [3.05, 3.63) is 76.9 Å². The molecule has 0 atom stereocenters. The van der Waals surface area contributed by atoms with Crippen molar-refractivity contribution in [1.82, 2.24) is 14.9 Å². The van der Waals surface area contributed by atoms with Gasteiger partial charge >= 0.3 is 0 Å². The molecule has 2 aromatic carbocycles. The van der Waals surface area contributed by atoms with Gasteiger partial charge in [0, 0.05) is 67.2 Å². The first-order valence-electron chi connectivity index (χ1n) is 12.3. The second-order valence-corrected chi connectivity index (χ2v) is 9.50. The number of aromatic nitrogens is 2. The van der Waals surface area contributed by atoms with Gasteiger partial charge in [0.05, 0.1) is 12.2 Å². The number of carbonyl (C=O) groups is 1. The van der Waals surface area contributed by atoms with Crippen LogP contribution in [-0.4, -0.2) is 60.2 Å². The number of amides is 1. The Morgan fingerprint density at radius 2 is 1.91 bits per heavy atom. The number of H-pyrrole nitrogens is 1. The van der Waals surface area contributed by atoms with E-state index >= 15 is 0 Å². The van der Waals surface area contributed by atoms with Crippen molar-refractivity contribution < 1.29 is 9.53 Å². The SMILES string of the molecule is COCCN1CCC(Nc2ccc3c(c2)C(=C(c2ccc(C)cc2)c2ncc(C)[nH]2)C(=O)N3)CC1. The molecule has 7 heteroatoms. The third kappa shape index (κ3) is 5.01. The fourth-order valence-corrected chi connectivity index (χ4v) is 4.92. The fraction of sp³-hybridized carbons (Fsp3) is 0.357. The van der Waals surface area contributed by atoms with Crippen molar-refractivity contribution in [2.24, 2.45) is 0 Å². The Hall–Kier alpha value is -3.42. The quantitative estimate of drug-likeness (QED) is 0.443. The van der Waals surface area contributed by atoms with E-state index in [1.807, 2.05) is 13.0 Å². The summed E-state index contributed by atoms with van der Waals surface area (Å²) in [6.07, 6.45) is 3.97. The van der Waals surface area contributed by atoms with Crippen molar-refractivity contribution in [2.45, 2.75) is 32.7 Å². The van der Waals surface area contributed by atoms with E-state index in [0.29, 0.717) is 17.4 Å². The summed E-state index contributed by atoms with van der Waals surface area (Å²) in [5.74, 6) is 0.597. The zero-order valence-electron chi connectivity index (χ0n) is 20.6. The van der Waals surface area contributed by atoms with Crippen LogP contribution in [0.2, 0.25) is 0 Å². The Balaban J connectivity index is 1.47. The van der Waals surface area contributed by atoms with Crippen molar-refractivity contribution in [3.8, 4) is 0 Å². The largest absolute Gasteiger partial charge is 0.383 e. The van der Waals surface area contributed by atoms with Gasteiger partial charge < -0.3 is 25.3 Å². The lowest BCUT2D eigenvalue weighted by Crippen LogP contribution is -2.40. The molecule has 0 unspecified atom stereocenters. The minimum absolute atomic E-state index is 0.103. The molecule has 1 aromatic heterocycles. The molecule has 0 aliphatic carbocycles. The molecular weight excluding hydrogens is 438 g/mol. The minimum Gasteiger partial charge on any atom is -0.383 e. The number of carbonyl (C=O) groups excluding carboxylic acids is 1. The number of rotatable bonds is 7. The molecule has 0 radical (unpaired) electrons. The third-order valence-electron chi connectivity index (χ3n) is 6.86. The van der Waals surface area contributed by atoms with Crippen LogP contribution in [-0.2, 0) is 9.53 Å². The second kappa shape index (κ2) is 10.1. The normalized spacial score (nSPS) is 17.9. The highest BCUT2D eigenvalue weighted by Gasteiger charge is 2.30. The number of imidazole rings is 1. The number of fused-ring (bicyclic) bond motifs is 1. The zero-order chi connectivity index (χ0) is 24.4. The van der Waals surface area contributed by atoms with Crippen molar-refractivity contribution in [1.29, 1.82) is 0 Å². The number of methoxy groups -OCH3 is 1. The first-order valence-corrected chi connectivity index (χ1v) is 12.3. The number of likely N-dealkylation sites (tertiary alicyclic amines) is 1. The monoisotopic (exact) mass is 471 g/mol. The van der Waals surface area contributed by atoms with E-state index in [0.717, 1.165) is 72.9 Å². The number of aromatic amines is 1. The molecule has 2 aliphatic heterocycles. The summed E-state index contributed by atoms with van der Waals surface area (Å²) >= 11 is 0. The molecule has 7 nitrogen and oxygen atoms in total. The summed E-state index contributed by atoms with van der Waals surface area (Å²) in [4.78, 5) is 23.6. The second-order valence-electron chi connectivity index (χ2n) is 9.50. The highest BCUT2D eigenvalue weighted by molar-refractivity contribution is 6.38. The van der Waals surface area contributed by atoms with Crippen molar-refractivity contribution in [3.63, 3.8) is 0 Å². The molecule has 182 valence electrons. The van der Waals surface area contributed by atoms with Gasteiger partial charge in [-0.1, -0.05) is 29.8 Å². The number of ether oxygens (including phenoxy) is 1. The lowest BCUT2D eigenvalue weighted by atomic mass is 9.94. The Kier molecular flexibility index (Phi) is 6.70. The number of benzene rings is 2. The lowest BCUT2D eigenvalue weighted by molar-refractivity contribution is -0.110. The minimum atomic E-state index is -0.103. The topological polar surface area (TPSA) is 82.3 Å². The van der Waals surface area contributed by atoms with Crippen LogP contribution in [0, 0.1) is 13.8 Å². The number of piperidine rings is 1. The summed E-state index contributed by atoms with van der Waals surface area (Å²) in [6.45, 7) is 7.92. The van der Waals surface area contributed by atoms with Crippen LogP contribution in [0.25, 0.3) is 11.1 Å². The van der Waals surface area contributed by atoms with Gasteiger partial charge in [-0.3, -0.25) is 4.79 Å². The molecule has 3 N–H and O–H groups in total. The van der Waals surface area contributed by atoms with Gasteiger partial charge in [0.15, 0.2) is 0 Å². The maximum absolute atomic E-state index is 13.3. The zero-order valence-corrected chi connectivity index (χ0v) is 20.6. The van der Waals surface area contributed by atoms with Crippen LogP contribution in [0.15, 0.2) is 48.7 Å². The molecule has 1 fully saturated rings. The molecule has 5 rings (SSSR count). The average Bonchev–Trinajstić information content (AvgIpc) is 3.43. The highest BCUT2D eigenvalue weighted by Crippen LogP contribution is 2.40. The standard InChI is InChI=1S/C28H33N5O2/c1-18-4-6-20(7-5-18)25(27-29-17-19(2)30-27)26-23-16-22(8-9-24(23)32-28(26)34)31-21-10-12-33(13-11-21)14-15-35-3/h4-9,16-17,21,31H,10-15H2,1-3H3,(H,29,30)(H,32,34). The molecule has 2 aliphatic rings. The van der Waals surface area contributed by atoms with Gasteiger partial charge in [0.2, 0.25) is 0 Å². The number of aryl methyl sites for hydroxylation is 2. The van der Waals surface area contributed by atoms with Crippen molar-refractivity contribution in [2.75, 3.05) is 44.0 Å². The number of anilines is 2. The van der Waals surface area contributed by atoms with Crippen LogP contribution in [0.3, 0.4) is 0 Å². The van der Waals surface area contributed by atoms with Crippen LogP contribution >= 0.6 is 0 Å². The lowest BCUT2D eigenvalue weighted by Gasteiger charge is -2.32. The van der Waals surface area contributed by atoms with Gasteiger partial charge in [-0.2, -0.15) is 0 Å². The van der Waals surface area contributed by atoms with E-state index < -0.39 is 0 Å². The molecule has 3 aromatic rings. The molecular formula is C28H33N5O2. The molecule has 3 heterocycles. The summed E-state index contributed by atoms with van der Waals surface area (Å²) in [7, 11) is 1.75. The van der Waals surface area contributed by atoms with Gasteiger partial charge in [0.25, 0.3) is 5.91 Å². The Morgan fingerprint density at radius 1 is 1.14 bits per heavy atom. The van der Waals surface area contributed by atoms with Gasteiger partial charge in [-0.15, -0.1) is 0 Å². The number of hydrogen-bond acceptors (Lipinski definition) is 5. The maximum atomic E-state index is 13.3.